The fourth-order valence-corrected chi connectivity index (χ4v) is 2.69. The van der Waals surface area contributed by atoms with Crippen molar-refractivity contribution >= 4 is 34.7 Å². The molecule has 7 heteroatoms. The summed E-state index contributed by atoms with van der Waals surface area (Å²) in [7, 11) is 0. The first-order chi connectivity index (χ1) is 13.5. The maximum atomic E-state index is 11.2. The van der Waals surface area contributed by atoms with E-state index in [0.717, 1.165) is 22.8 Å². The molecule has 0 spiro atoms. The standard InChI is InChI=1S/C21H23N5O2/c1-4-28-19-11-6-5-10-18(19)25-21-22-14(2)12-20(26-21)24-17-9-7-8-16(13-17)23-15(3)27/h5-13H,4H2,1-3H3,(H,23,27)(H2,22,24,25,26). The van der Waals surface area contributed by atoms with Crippen LogP contribution in [0.3, 0.4) is 0 Å². The van der Waals surface area contributed by atoms with Crippen LogP contribution in [0, 0.1) is 6.92 Å². The summed E-state index contributed by atoms with van der Waals surface area (Å²) in [5.41, 5.74) is 3.14. The van der Waals surface area contributed by atoms with Crippen molar-refractivity contribution in [2.45, 2.75) is 20.8 Å². The molecule has 7 nitrogen and oxygen atoms in total. The van der Waals surface area contributed by atoms with Gasteiger partial charge >= 0.3 is 0 Å². The van der Waals surface area contributed by atoms with Crippen LogP contribution in [0.2, 0.25) is 0 Å². The van der Waals surface area contributed by atoms with Gasteiger partial charge in [-0.05, 0) is 44.2 Å². The zero-order chi connectivity index (χ0) is 19.9. The lowest BCUT2D eigenvalue weighted by Gasteiger charge is -2.13. The fourth-order valence-electron chi connectivity index (χ4n) is 2.69. The number of aryl methyl sites for hydroxylation is 1. The first-order valence-electron chi connectivity index (χ1n) is 9.02. The van der Waals surface area contributed by atoms with E-state index in [2.05, 4.69) is 25.9 Å². The van der Waals surface area contributed by atoms with E-state index in [1.807, 2.05) is 68.4 Å². The zero-order valence-electron chi connectivity index (χ0n) is 16.1. The van der Waals surface area contributed by atoms with Gasteiger partial charge in [-0.25, -0.2) is 4.98 Å². The van der Waals surface area contributed by atoms with Crippen LogP contribution in [0.1, 0.15) is 19.5 Å². The van der Waals surface area contributed by atoms with E-state index >= 15 is 0 Å². The predicted octanol–water partition coefficient (Wildman–Crippen LogP) is 4.63. The molecule has 28 heavy (non-hydrogen) atoms. The van der Waals surface area contributed by atoms with Gasteiger partial charge in [0.1, 0.15) is 11.6 Å². The van der Waals surface area contributed by atoms with E-state index in [1.165, 1.54) is 6.92 Å². The van der Waals surface area contributed by atoms with Crippen LogP contribution in [0.4, 0.5) is 28.8 Å². The number of carbonyl (C=O) groups excluding carboxylic acids is 1. The van der Waals surface area contributed by atoms with Gasteiger partial charge in [-0.3, -0.25) is 4.79 Å². The Hall–Kier alpha value is -3.61. The van der Waals surface area contributed by atoms with Crippen molar-refractivity contribution < 1.29 is 9.53 Å². The molecular formula is C21H23N5O2. The summed E-state index contributed by atoms with van der Waals surface area (Å²) in [6.07, 6.45) is 0. The van der Waals surface area contributed by atoms with Crippen LogP contribution in [-0.2, 0) is 4.79 Å². The number of hydrogen-bond donors (Lipinski definition) is 3. The number of rotatable bonds is 7. The number of para-hydroxylation sites is 2. The Morgan fingerprint density at radius 1 is 1.00 bits per heavy atom. The Kier molecular flexibility index (Phi) is 6.06. The van der Waals surface area contributed by atoms with Gasteiger partial charge in [-0.1, -0.05) is 18.2 Å². The van der Waals surface area contributed by atoms with Crippen molar-refractivity contribution in [1.82, 2.24) is 9.97 Å². The Balaban J connectivity index is 1.81. The molecule has 0 saturated heterocycles. The van der Waals surface area contributed by atoms with Gasteiger partial charge in [-0.2, -0.15) is 4.98 Å². The van der Waals surface area contributed by atoms with Crippen LogP contribution in [0.25, 0.3) is 0 Å². The summed E-state index contributed by atoms with van der Waals surface area (Å²) in [5.74, 6) is 1.73. The van der Waals surface area contributed by atoms with Crippen LogP contribution in [0.15, 0.2) is 54.6 Å². The summed E-state index contributed by atoms with van der Waals surface area (Å²) >= 11 is 0. The molecule has 144 valence electrons. The van der Waals surface area contributed by atoms with E-state index in [1.54, 1.807) is 0 Å². The third-order valence-corrected chi connectivity index (χ3v) is 3.74. The van der Waals surface area contributed by atoms with Gasteiger partial charge in [0, 0.05) is 30.1 Å². The maximum Gasteiger partial charge on any atom is 0.229 e. The third-order valence-electron chi connectivity index (χ3n) is 3.74. The summed E-state index contributed by atoms with van der Waals surface area (Å²) in [4.78, 5) is 20.2. The SMILES string of the molecule is CCOc1ccccc1Nc1nc(C)cc(Nc2cccc(NC(C)=O)c2)n1. The number of ether oxygens (including phenoxy) is 1. The smallest absolute Gasteiger partial charge is 0.229 e. The highest BCUT2D eigenvalue weighted by atomic mass is 16.5. The van der Waals surface area contributed by atoms with Crippen LogP contribution in [0.5, 0.6) is 5.75 Å². The second kappa shape index (κ2) is 8.85. The lowest BCUT2D eigenvalue weighted by Crippen LogP contribution is -2.06. The molecule has 3 N–H and O–H groups in total. The first kappa shape index (κ1) is 19.2. The topological polar surface area (TPSA) is 88.2 Å². The minimum Gasteiger partial charge on any atom is -0.492 e. The van der Waals surface area contributed by atoms with Gasteiger partial charge in [0.25, 0.3) is 0 Å². The number of hydrogen-bond acceptors (Lipinski definition) is 6. The number of amides is 1. The summed E-state index contributed by atoms with van der Waals surface area (Å²) in [5, 5.41) is 9.23. The number of nitrogens with one attached hydrogen (secondary N) is 3. The van der Waals surface area contributed by atoms with Crippen LogP contribution >= 0.6 is 0 Å². The van der Waals surface area contributed by atoms with Crippen molar-refractivity contribution in [3.63, 3.8) is 0 Å². The highest BCUT2D eigenvalue weighted by Crippen LogP contribution is 2.27. The molecule has 0 saturated carbocycles. The van der Waals surface area contributed by atoms with Gasteiger partial charge in [-0.15, -0.1) is 0 Å². The van der Waals surface area contributed by atoms with Crippen LogP contribution < -0.4 is 20.7 Å². The van der Waals surface area contributed by atoms with E-state index in [0.29, 0.717) is 24.1 Å². The Morgan fingerprint density at radius 3 is 2.57 bits per heavy atom. The zero-order valence-corrected chi connectivity index (χ0v) is 16.1. The highest BCUT2D eigenvalue weighted by Gasteiger charge is 2.08. The van der Waals surface area contributed by atoms with E-state index in [9.17, 15) is 4.79 Å². The summed E-state index contributed by atoms with van der Waals surface area (Å²) < 4.78 is 5.64. The molecule has 1 amide bonds. The number of nitrogens with zero attached hydrogens (tertiary/aromatic N) is 2. The molecule has 0 aliphatic rings. The molecule has 3 rings (SSSR count). The number of aromatic nitrogens is 2. The van der Waals surface area contributed by atoms with Gasteiger partial charge < -0.3 is 20.7 Å². The minimum absolute atomic E-state index is 0.116. The minimum atomic E-state index is -0.116. The molecule has 3 aromatic rings. The van der Waals surface area contributed by atoms with Crippen LogP contribution in [-0.4, -0.2) is 22.5 Å². The average molecular weight is 377 g/mol. The monoisotopic (exact) mass is 377 g/mol. The molecule has 0 radical (unpaired) electrons. The molecule has 1 heterocycles. The third kappa shape index (κ3) is 5.20. The molecule has 0 atom stereocenters. The van der Waals surface area contributed by atoms with E-state index in [4.69, 9.17) is 4.74 Å². The quantitative estimate of drug-likeness (QED) is 0.556. The number of benzene rings is 2. The molecule has 0 bridgehead atoms. The molecule has 0 fully saturated rings. The maximum absolute atomic E-state index is 11.2. The molecule has 2 aromatic carbocycles. The van der Waals surface area contributed by atoms with Crippen molar-refractivity contribution in [1.29, 1.82) is 0 Å². The molecule has 0 aliphatic heterocycles. The van der Waals surface area contributed by atoms with Crippen molar-refractivity contribution in [3.8, 4) is 5.75 Å². The van der Waals surface area contributed by atoms with E-state index in [-0.39, 0.29) is 5.91 Å². The number of anilines is 5. The second-order valence-corrected chi connectivity index (χ2v) is 6.16. The van der Waals surface area contributed by atoms with Gasteiger partial charge in [0.15, 0.2) is 0 Å². The Labute approximate surface area is 164 Å². The lowest BCUT2D eigenvalue weighted by atomic mass is 10.2. The second-order valence-electron chi connectivity index (χ2n) is 6.16. The van der Waals surface area contributed by atoms with Crippen molar-refractivity contribution in [2.75, 3.05) is 22.6 Å². The summed E-state index contributed by atoms with van der Waals surface area (Å²) in [6.45, 7) is 5.90. The first-order valence-corrected chi connectivity index (χ1v) is 9.02. The number of carbonyl (C=O) groups is 1. The highest BCUT2D eigenvalue weighted by molar-refractivity contribution is 5.89. The normalized spacial score (nSPS) is 10.2. The molecule has 1 aromatic heterocycles. The summed E-state index contributed by atoms with van der Waals surface area (Å²) in [6, 6.07) is 16.9. The van der Waals surface area contributed by atoms with Crippen molar-refractivity contribution in [2.24, 2.45) is 0 Å². The molecular weight excluding hydrogens is 354 g/mol. The fraction of sp³-hybridized carbons (Fsp3) is 0.190. The average Bonchev–Trinajstić information content (AvgIpc) is 2.63. The van der Waals surface area contributed by atoms with Crippen molar-refractivity contribution in [3.05, 3.63) is 60.3 Å². The largest absolute Gasteiger partial charge is 0.492 e. The molecule has 0 aliphatic carbocycles. The Morgan fingerprint density at radius 2 is 1.79 bits per heavy atom. The Bertz CT molecular complexity index is 975. The molecule has 0 unspecified atom stereocenters. The van der Waals surface area contributed by atoms with Gasteiger partial charge in [0.05, 0.1) is 12.3 Å². The van der Waals surface area contributed by atoms with E-state index < -0.39 is 0 Å². The predicted molar refractivity (Wildman–Crippen MR) is 112 cm³/mol. The van der Waals surface area contributed by atoms with Gasteiger partial charge in [0.2, 0.25) is 11.9 Å². The lowest BCUT2D eigenvalue weighted by molar-refractivity contribution is -0.114.